The maximum Gasteiger partial charge on any atom is 0.416 e. The maximum atomic E-state index is 12.7. The van der Waals surface area contributed by atoms with Gasteiger partial charge < -0.3 is 0 Å². The molecule has 1 aromatic heterocycles. The van der Waals surface area contributed by atoms with Gasteiger partial charge in [-0.05, 0) is 36.4 Å². The fraction of sp³-hybridized carbons (Fsp3) is 0.0588. The Labute approximate surface area is 170 Å². The van der Waals surface area contributed by atoms with Crippen LogP contribution in [0, 0.1) is 0 Å². The second-order valence-corrected chi connectivity index (χ2v) is 7.57. The van der Waals surface area contributed by atoms with Crippen LogP contribution >= 0.6 is 46.6 Å². The van der Waals surface area contributed by atoms with E-state index in [0.29, 0.717) is 15.5 Å². The van der Waals surface area contributed by atoms with Crippen LogP contribution in [-0.4, -0.2) is 9.78 Å². The third kappa shape index (κ3) is 4.43. The van der Waals surface area contributed by atoms with Crippen LogP contribution in [0.5, 0.6) is 0 Å². The smallest absolute Gasteiger partial charge is 0.266 e. The summed E-state index contributed by atoms with van der Waals surface area (Å²) in [6.45, 7) is 0. The molecule has 0 atom stereocenters. The molecule has 0 saturated carbocycles. The lowest BCUT2D eigenvalue weighted by molar-refractivity contribution is -0.137. The molecule has 140 valence electrons. The van der Waals surface area contributed by atoms with Gasteiger partial charge in [-0.25, -0.2) is 0 Å². The standard InChI is InChI=1S/C17H8Cl3F3N2OS/c18-12-6-9(17(21,22)23)4-5-14(12)27-11-3-1-2-10(7-11)25-16(26)15(20)13(19)8-24-25/h1-8H. The summed E-state index contributed by atoms with van der Waals surface area (Å²) in [4.78, 5) is 13.3. The quantitative estimate of drug-likeness (QED) is 0.464. The van der Waals surface area contributed by atoms with E-state index in [2.05, 4.69) is 5.10 Å². The van der Waals surface area contributed by atoms with E-state index in [4.69, 9.17) is 34.8 Å². The molecule has 1 heterocycles. The predicted octanol–water partition coefficient (Wildman–Crippen LogP) is 6.36. The molecular formula is C17H8Cl3F3N2OS. The predicted molar refractivity (Wildman–Crippen MR) is 100 cm³/mol. The average Bonchev–Trinajstić information content (AvgIpc) is 2.61. The van der Waals surface area contributed by atoms with Gasteiger partial charge in [0.05, 0.1) is 27.5 Å². The Kier molecular flexibility index (Phi) is 5.76. The third-order valence-corrected chi connectivity index (χ3v) is 5.66. The van der Waals surface area contributed by atoms with Crippen molar-refractivity contribution in [1.29, 1.82) is 0 Å². The number of hydrogen-bond acceptors (Lipinski definition) is 3. The summed E-state index contributed by atoms with van der Waals surface area (Å²) in [7, 11) is 0. The Balaban J connectivity index is 1.94. The van der Waals surface area contributed by atoms with Crippen molar-refractivity contribution in [3.8, 4) is 5.69 Å². The first-order chi connectivity index (χ1) is 12.7. The molecule has 0 saturated heterocycles. The first-order valence-corrected chi connectivity index (χ1v) is 9.20. The monoisotopic (exact) mass is 450 g/mol. The van der Waals surface area contributed by atoms with Crippen molar-refractivity contribution in [1.82, 2.24) is 9.78 Å². The van der Waals surface area contributed by atoms with Crippen LogP contribution in [0.2, 0.25) is 15.1 Å². The molecule has 0 spiro atoms. The number of nitrogens with zero attached hydrogens (tertiary/aromatic N) is 2. The van der Waals surface area contributed by atoms with Gasteiger partial charge in [0, 0.05) is 9.79 Å². The number of halogens is 6. The lowest BCUT2D eigenvalue weighted by atomic mass is 10.2. The Morgan fingerprint density at radius 2 is 1.74 bits per heavy atom. The molecule has 3 aromatic rings. The minimum Gasteiger partial charge on any atom is -0.266 e. The van der Waals surface area contributed by atoms with Gasteiger partial charge in [0.2, 0.25) is 0 Å². The molecule has 0 aliphatic carbocycles. The van der Waals surface area contributed by atoms with Gasteiger partial charge in [-0.15, -0.1) is 0 Å². The first-order valence-electron chi connectivity index (χ1n) is 7.25. The lowest BCUT2D eigenvalue weighted by Crippen LogP contribution is -2.21. The van der Waals surface area contributed by atoms with Crippen LogP contribution in [0.15, 0.2) is 63.2 Å². The Bertz CT molecular complexity index is 1070. The molecule has 27 heavy (non-hydrogen) atoms. The summed E-state index contributed by atoms with van der Waals surface area (Å²) in [5.74, 6) is 0. The normalized spacial score (nSPS) is 11.6. The topological polar surface area (TPSA) is 34.9 Å². The SMILES string of the molecule is O=c1c(Cl)c(Cl)cnn1-c1cccc(Sc2ccc(C(F)(F)F)cc2Cl)c1. The van der Waals surface area contributed by atoms with Crippen LogP contribution in [0.1, 0.15) is 5.56 Å². The van der Waals surface area contributed by atoms with E-state index < -0.39 is 17.3 Å². The minimum absolute atomic E-state index is 0.0231. The average molecular weight is 452 g/mol. The van der Waals surface area contributed by atoms with Crippen LogP contribution in [0.4, 0.5) is 13.2 Å². The lowest BCUT2D eigenvalue weighted by Gasteiger charge is -2.11. The Morgan fingerprint density at radius 3 is 2.41 bits per heavy atom. The highest BCUT2D eigenvalue weighted by Gasteiger charge is 2.30. The van der Waals surface area contributed by atoms with Crippen molar-refractivity contribution in [3.05, 3.63) is 79.6 Å². The van der Waals surface area contributed by atoms with E-state index in [9.17, 15) is 18.0 Å². The Hall–Kier alpha value is -1.67. The number of hydrogen-bond donors (Lipinski definition) is 0. The molecule has 3 rings (SSSR count). The zero-order chi connectivity index (χ0) is 19.8. The number of alkyl halides is 3. The van der Waals surface area contributed by atoms with Crippen molar-refractivity contribution in [2.45, 2.75) is 16.0 Å². The van der Waals surface area contributed by atoms with Gasteiger partial charge in [-0.1, -0.05) is 52.6 Å². The molecule has 0 fully saturated rings. The number of rotatable bonds is 3. The van der Waals surface area contributed by atoms with E-state index >= 15 is 0 Å². The summed E-state index contributed by atoms with van der Waals surface area (Å²) < 4.78 is 39.3. The van der Waals surface area contributed by atoms with E-state index in [1.54, 1.807) is 24.3 Å². The zero-order valence-electron chi connectivity index (χ0n) is 13.1. The Morgan fingerprint density at radius 1 is 1.00 bits per heavy atom. The molecule has 0 unspecified atom stereocenters. The zero-order valence-corrected chi connectivity index (χ0v) is 16.2. The van der Waals surface area contributed by atoms with Gasteiger partial charge in [-0.2, -0.15) is 23.0 Å². The second kappa shape index (κ2) is 7.75. The van der Waals surface area contributed by atoms with Crippen LogP contribution in [0.3, 0.4) is 0 Å². The van der Waals surface area contributed by atoms with Gasteiger partial charge in [0.15, 0.2) is 0 Å². The van der Waals surface area contributed by atoms with Crippen molar-refractivity contribution < 1.29 is 13.2 Å². The van der Waals surface area contributed by atoms with Crippen molar-refractivity contribution in [2.24, 2.45) is 0 Å². The van der Waals surface area contributed by atoms with Crippen molar-refractivity contribution in [3.63, 3.8) is 0 Å². The molecule has 0 N–H and O–H groups in total. The van der Waals surface area contributed by atoms with Crippen LogP contribution in [-0.2, 0) is 6.18 Å². The largest absolute Gasteiger partial charge is 0.416 e. The molecule has 0 amide bonds. The summed E-state index contributed by atoms with van der Waals surface area (Å²) in [6.07, 6.45) is -3.22. The molecular weight excluding hydrogens is 444 g/mol. The number of benzene rings is 2. The molecule has 0 bridgehead atoms. The fourth-order valence-corrected chi connectivity index (χ4v) is 3.58. The van der Waals surface area contributed by atoms with Gasteiger partial charge in [0.25, 0.3) is 5.56 Å². The van der Waals surface area contributed by atoms with Gasteiger partial charge in [-0.3, -0.25) is 4.79 Å². The number of aromatic nitrogens is 2. The highest BCUT2D eigenvalue weighted by Crippen LogP contribution is 2.38. The minimum atomic E-state index is -4.46. The molecule has 10 heteroatoms. The summed E-state index contributed by atoms with van der Waals surface area (Å²) in [5.41, 5.74) is -0.984. The second-order valence-electron chi connectivity index (χ2n) is 5.27. The molecule has 3 nitrogen and oxygen atoms in total. The van der Waals surface area contributed by atoms with Crippen LogP contribution < -0.4 is 5.56 Å². The van der Waals surface area contributed by atoms with E-state index in [-0.39, 0.29) is 15.1 Å². The first kappa shape index (κ1) is 20.1. The summed E-state index contributed by atoms with van der Waals surface area (Å²) in [6, 6.07) is 9.80. The van der Waals surface area contributed by atoms with E-state index in [1.165, 1.54) is 12.3 Å². The van der Waals surface area contributed by atoms with Gasteiger partial charge in [0.1, 0.15) is 5.02 Å². The molecule has 0 aliphatic rings. The highest BCUT2D eigenvalue weighted by atomic mass is 35.5. The van der Waals surface area contributed by atoms with Crippen molar-refractivity contribution >= 4 is 46.6 Å². The third-order valence-electron chi connectivity index (χ3n) is 3.43. The highest BCUT2D eigenvalue weighted by molar-refractivity contribution is 7.99. The summed E-state index contributed by atoms with van der Waals surface area (Å²) in [5, 5.41) is 3.80. The van der Waals surface area contributed by atoms with Crippen LogP contribution in [0.25, 0.3) is 5.69 Å². The fourth-order valence-electron chi connectivity index (χ4n) is 2.16. The van der Waals surface area contributed by atoms with E-state index in [1.807, 2.05) is 0 Å². The molecule has 0 radical (unpaired) electrons. The molecule has 0 aliphatic heterocycles. The van der Waals surface area contributed by atoms with E-state index in [0.717, 1.165) is 28.6 Å². The van der Waals surface area contributed by atoms with Gasteiger partial charge >= 0.3 is 6.18 Å². The molecule has 2 aromatic carbocycles. The van der Waals surface area contributed by atoms with Crippen molar-refractivity contribution in [2.75, 3.05) is 0 Å². The summed E-state index contributed by atoms with van der Waals surface area (Å²) >= 11 is 18.8. The maximum absolute atomic E-state index is 12.7.